The van der Waals surface area contributed by atoms with Crippen LogP contribution in [0.3, 0.4) is 0 Å². The molecule has 23 heteroatoms. The van der Waals surface area contributed by atoms with Crippen molar-refractivity contribution < 1.29 is 37.1 Å². The molecule has 0 radical (unpaired) electrons. The normalized spacial score (nSPS) is 20.6. The number of aromatic nitrogens is 6. The van der Waals surface area contributed by atoms with Crippen molar-refractivity contribution in [1.82, 2.24) is 61.2 Å². The molecule has 5 heterocycles. The van der Waals surface area contributed by atoms with E-state index in [1.807, 2.05) is 49.1 Å². The van der Waals surface area contributed by atoms with Crippen LogP contribution in [0.25, 0.3) is 10.9 Å². The van der Waals surface area contributed by atoms with Gasteiger partial charge in [-0.2, -0.15) is 5.10 Å². The summed E-state index contributed by atoms with van der Waals surface area (Å²) in [6, 6.07) is 7.44. The highest BCUT2D eigenvalue weighted by molar-refractivity contribution is 7.92. The molecule has 6 N–H and O–H groups in total. The maximum absolute atomic E-state index is 14.9. The number of ether oxygens (including phenoxy) is 1. The molecular weight excluding hydrogens is 1040 g/mol. The van der Waals surface area contributed by atoms with E-state index in [0.29, 0.717) is 85.9 Å². The van der Waals surface area contributed by atoms with E-state index in [-0.39, 0.29) is 47.6 Å². The fraction of sp³-hybridized carbons (Fsp3) is 0.509. The lowest BCUT2D eigenvalue weighted by atomic mass is 9.82. The van der Waals surface area contributed by atoms with E-state index in [1.54, 1.807) is 53.0 Å². The standard InChI is InChI=1S/C57H74N14O8S/c1-35-36(2)67-68-49(35)65-50-42-28-47(80(77,78)56(4,5)6)46(29-44(42)61-34-62-50)79-26-14-21-69-22-24-70(25-23-69)55-59-30-40(31-60-55)52(74)63-41-27-45(53(75)66-57(33-72)20-13-18-38-15-11-12-19-43(38)57)71(32-41)54(76)48(39-16-9-8-10-17-39)64-51(73)37(3)58-7/h11-13,15,19-20,28-31,33-34,37,39,41,45,48,58H,8-10,14,16-18,21-27,32H2,1-7H3,(H,63,74)(H,64,73)(H,66,75)(H2,61,62,65,67,68)/t37-,41-,45-,48-,57-/m0/s1. The van der Waals surface area contributed by atoms with Gasteiger partial charge in [-0.3, -0.25) is 34.0 Å². The van der Waals surface area contributed by atoms with Crippen LogP contribution in [-0.4, -0.2) is 160 Å². The highest BCUT2D eigenvalue weighted by Crippen LogP contribution is 2.38. The van der Waals surface area contributed by atoms with Crippen LogP contribution in [0.5, 0.6) is 5.75 Å². The molecule has 5 aromatic rings. The second-order valence-corrected chi connectivity index (χ2v) is 25.1. The molecule has 0 unspecified atom stereocenters. The highest BCUT2D eigenvalue weighted by Gasteiger charge is 2.47. The maximum Gasteiger partial charge on any atom is 0.254 e. The number of H-pyrrole nitrogens is 1. The molecule has 5 atom stereocenters. The monoisotopic (exact) mass is 1110 g/mol. The van der Waals surface area contributed by atoms with E-state index in [9.17, 15) is 32.4 Å². The van der Waals surface area contributed by atoms with Gasteiger partial charge in [0.2, 0.25) is 23.7 Å². The number of likely N-dealkylation sites (N-methyl/N-ethyl adjacent to an activating group) is 1. The largest absolute Gasteiger partial charge is 0.492 e. The van der Waals surface area contributed by atoms with Gasteiger partial charge in [0.15, 0.2) is 21.9 Å². The molecule has 3 aromatic heterocycles. The topological polar surface area (TPSA) is 279 Å². The number of carbonyl (C=O) groups is 5. The van der Waals surface area contributed by atoms with Gasteiger partial charge < -0.3 is 41.1 Å². The fourth-order valence-electron chi connectivity index (χ4n) is 11.0. The summed E-state index contributed by atoms with van der Waals surface area (Å²) in [5, 5.41) is 23.0. The van der Waals surface area contributed by atoms with Crippen LogP contribution in [0.4, 0.5) is 17.6 Å². The van der Waals surface area contributed by atoms with Crippen molar-refractivity contribution in [2.75, 3.05) is 63.1 Å². The van der Waals surface area contributed by atoms with Crippen LogP contribution < -0.4 is 36.2 Å². The summed E-state index contributed by atoms with van der Waals surface area (Å²) in [6.45, 7) is 14.1. The highest BCUT2D eigenvalue weighted by atomic mass is 32.2. The molecule has 1 saturated carbocycles. The second kappa shape index (κ2) is 24.2. The predicted molar refractivity (Wildman–Crippen MR) is 302 cm³/mol. The number of carbonyl (C=O) groups excluding carboxylic acids is 5. The van der Waals surface area contributed by atoms with E-state index >= 15 is 0 Å². The quantitative estimate of drug-likeness (QED) is 0.0381. The van der Waals surface area contributed by atoms with Crippen molar-refractivity contribution in [3.63, 3.8) is 0 Å². The Balaban J connectivity index is 0.824. The molecule has 426 valence electrons. The van der Waals surface area contributed by atoms with E-state index in [2.05, 4.69) is 61.6 Å². The summed E-state index contributed by atoms with van der Waals surface area (Å²) in [5.74, 6) is -0.233. The van der Waals surface area contributed by atoms with Crippen molar-refractivity contribution >= 4 is 68.2 Å². The summed E-state index contributed by atoms with van der Waals surface area (Å²) >= 11 is 0. The molecule has 2 aliphatic heterocycles. The minimum atomic E-state index is -3.86. The minimum Gasteiger partial charge on any atom is -0.492 e. The van der Waals surface area contributed by atoms with Gasteiger partial charge in [-0.25, -0.2) is 28.4 Å². The molecule has 4 aliphatic rings. The van der Waals surface area contributed by atoms with Crippen LogP contribution in [0.2, 0.25) is 0 Å². The van der Waals surface area contributed by atoms with Crippen LogP contribution in [0.1, 0.15) is 105 Å². The first-order valence-electron chi connectivity index (χ1n) is 27.7. The Hall–Kier alpha value is -7.37. The van der Waals surface area contributed by atoms with E-state index < -0.39 is 62.0 Å². The number of benzene rings is 2. The molecular formula is C57H74N14O8S. The first-order valence-corrected chi connectivity index (χ1v) is 29.2. The number of anilines is 3. The SMILES string of the molecule is CN[C@@H](C)C(=O)N[C@H](C(=O)N1C[C@@H](NC(=O)c2cnc(N3CCN(CCCOc4cc5ncnc(Nc6n[nH]c(C)c6C)c5cc4S(=O)(=O)C(C)(C)C)CC3)nc2)C[C@H]1C(=O)N[C@]1(C=O)C=CCc2ccccc21)C1CCCCC1. The summed E-state index contributed by atoms with van der Waals surface area (Å²) in [7, 11) is -2.19. The predicted octanol–water partition coefficient (Wildman–Crippen LogP) is 4.36. The van der Waals surface area contributed by atoms with Gasteiger partial charge in [-0.1, -0.05) is 55.7 Å². The number of aromatic amines is 1. The molecule has 4 amide bonds. The van der Waals surface area contributed by atoms with Gasteiger partial charge in [0.1, 0.15) is 40.4 Å². The van der Waals surface area contributed by atoms with E-state index in [0.717, 1.165) is 48.9 Å². The van der Waals surface area contributed by atoms with Crippen molar-refractivity contribution in [2.45, 2.75) is 132 Å². The average Bonchev–Trinajstić information content (AvgIpc) is 4.10. The number of likely N-dealkylation sites (tertiary alicyclic amines) is 1. The third-order valence-electron chi connectivity index (χ3n) is 16.1. The van der Waals surface area contributed by atoms with Crippen LogP contribution in [0, 0.1) is 19.8 Å². The van der Waals surface area contributed by atoms with Crippen LogP contribution >= 0.6 is 0 Å². The third kappa shape index (κ3) is 12.2. The lowest BCUT2D eigenvalue weighted by Gasteiger charge is -2.36. The molecule has 2 aliphatic carbocycles. The number of nitrogens with one attached hydrogen (secondary N) is 6. The summed E-state index contributed by atoms with van der Waals surface area (Å²) < 4.78 is 33.2. The number of fused-ring (bicyclic) bond motifs is 2. The third-order valence-corrected chi connectivity index (χ3v) is 18.7. The molecule has 3 fully saturated rings. The van der Waals surface area contributed by atoms with E-state index in [1.165, 1.54) is 23.6 Å². The number of hydrogen-bond donors (Lipinski definition) is 6. The number of hydrogen-bond acceptors (Lipinski definition) is 17. The lowest BCUT2D eigenvalue weighted by molar-refractivity contribution is -0.143. The number of aldehydes is 1. The minimum absolute atomic E-state index is 0.00974. The Morgan fingerprint density at radius 1 is 0.963 bits per heavy atom. The van der Waals surface area contributed by atoms with Crippen molar-refractivity contribution in [3.8, 4) is 5.75 Å². The van der Waals surface area contributed by atoms with Gasteiger partial charge in [0, 0.05) is 80.4 Å². The average molecular weight is 1120 g/mol. The zero-order valence-corrected chi connectivity index (χ0v) is 47.5. The van der Waals surface area contributed by atoms with Gasteiger partial charge in [0.05, 0.1) is 28.5 Å². The summed E-state index contributed by atoms with van der Waals surface area (Å²) in [6.07, 6.45) is 14.2. The van der Waals surface area contributed by atoms with Crippen molar-refractivity contribution in [2.24, 2.45) is 5.92 Å². The second-order valence-electron chi connectivity index (χ2n) is 22.5. The van der Waals surface area contributed by atoms with Gasteiger partial charge in [-0.15, -0.1) is 0 Å². The fourth-order valence-corrected chi connectivity index (χ4v) is 12.3. The lowest BCUT2D eigenvalue weighted by Crippen LogP contribution is -2.59. The smallest absolute Gasteiger partial charge is 0.254 e. The summed E-state index contributed by atoms with van der Waals surface area (Å²) in [5.41, 5.74) is 2.60. The molecule has 2 aromatic carbocycles. The van der Waals surface area contributed by atoms with Gasteiger partial charge >= 0.3 is 0 Å². The molecule has 0 spiro atoms. The Morgan fingerprint density at radius 3 is 2.39 bits per heavy atom. The van der Waals surface area contributed by atoms with Gasteiger partial charge in [-0.05, 0) is 104 Å². The molecule has 22 nitrogen and oxygen atoms in total. The molecule has 2 saturated heterocycles. The number of piperazine rings is 1. The Morgan fingerprint density at radius 2 is 1.70 bits per heavy atom. The maximum atomic E-state index is 14.9. The zero-order valence-electron chi connectivity index (χ0n) is 46.7. The number of amides is 4. The molecule has 9 rings (SSSR count). The Kier molecular flexibility index (Phi) is 17.3. The molecule has 0 bridgehead atoms. The molecule has 80 heavy (non-hydrogen) atoms. The Bertz CT molecular complexity index is 3240. The number of allylic oxidation sites excluding steroid dienone is 1. The van der Waals surface area contributed by atoms with Crippen LogP contribution in [-0.2, 0) is 41.0 Å². The van der Waals surface area contributed by atoms with Crippen molar-refractivity contribution in [1.29, 1.82) is 0 Å². The van der Waals surface area contributed by atoms with E-state index in [4.69, 9.17) is 4.74 Å². The van der Waals surface area contributed by atoms with Crippen molar-refractivity contribution in [3.05, 3.63) is 95.2 Å². The number of rotatable bonds is 19. The Labute approximate surface area is 467 Å². The number of nitrogens with zero attached hydrogens (tertiary/aromatic N) is 8. The number of sulfone groups is 1. The number of aryl methyl sites for hydroxylation is 1. The zero-order chi connectivity index (χ0) is 56.9. The first-order chi connectivity index (χ1) is 38.3. The van der Waals surface area contributed by atoms with Gasteiger partial charge in [0.25, 0.3) is 5.91 Å². The van der Waals surface area contributed by atoms with Crippen LogP contribution in [0.15, 0.2) is 72.2 Å². The first kappa shape index (κ1) is 57.3. The summed E-state index contributed by atoms with van der Waals surface area (Å²) in [4.78, 5) is 93.7.